The lowest BCUT2D eigenvalue weighted by molar-refractivity contribution is 0.831. The first-order valence-electron chi connectivity index (χ1n) is 18.0. The van der Waals surface area contributed by atoms with Gasteiger partial charge in [-0.2, -0.15) is 0 Å². The molecule has 0 aliphatic carbocycles. The number of rotatable bonds is 14. The molecule has 0 saturated heterocycles. The van der Waals surface area contributed by atoms with E-state index in [1.54, 1.807) is 50.5 Å². The first kappa shape index (κ1) is 40.5. The standard InChI is InChI=1S/C15H21N3S.C13H17N3S.C12H15N3S/c1-10(2)12-6-5-7-13(11(3)4)15(12)16-8-14-18-17-9-19-14;1-3-10-6-5-7-11(4-2)13(10)14-8-12-16-15-9-17-12;1-3-10-6-4-5-9(2)12(10)13-7-11-15-14-8-16-11/h5-7,9-11,16H,8H2,1-4H3;5-7,9,14H,3-4,8H2,1-2H3;4-6,8,13H,3,7H2,1-2H3. The average Bonchev–Trinajstić information content (AvgIpc) is 3.98. The summed E-state index contributed by atoms with van der Waals surface area (Å²) in [5, 5.41) is 37.3. The van der Waals surface area contributed by atoms with Crippen LogP contribution in [0.15, 0.2) is 71.1 Å². The second kappa shape index (κ2) is 21.3. The van der Waals surface area contributed by atoms with Crippen molar-refractivity contribution < 1.29 is 0 Å². The molecule has 3 aromatic carbocycles. The maximum Gasteiger partial charge on any atom is 0.136 e. The normalized spacial score (nSPS) is 10.7. The van der Waals surface area contributed by atoms with Gasteiger partial charge in [0.15, 0.2) is 0 Å². The number of anilines is 3. The maximum atomic E-state index is 4.09. The number of aryl methyl sites for hydroxylation is 4. The summed E-state index contributed by atoms with van der Waals surface area (Å²) in [4.78, 5) is 0. The molecule has 0 fully saturated rings. The molecule has 0 radical (unpaired) electrons. The highest BCUT2D eigenvalue weighted by molar-refractivity contribution is 7.09. The van der Waals surface area contributed by atoms with Gasteiger partial charge in [-0.05, 0) is 71.4 Å². The highest BCUT2D eigenvalue weighted by atomic mass is 32.1. The summed E-state index contributed by atoms with van der Waals surface area (Å²) in [6, 6.07) is 19.5. The van der Waals surface area contributed by atoms with Gasteiger partial charge in [-0.1, -0.05) is 103 Å². The number of benzene rings is 3. The molecule has 0 spiro atoms. The molecule has 9 nitrogen and oxygen atoms in total. The van der Waals surface area contributed by atoms with Crippen molar-refractivity contribution in [2.24, 2.45) is 0 Å². The van der Waals surface area contributed by atoms with Crippen LogP contribution in [-0.2, 0) is 38.9 Å². The molecular weight excluding hydrogens is 703 g/mol. The summed E-state index contributed by atoms with van der Waals surface area (Å²) in [5.74, 6) is 1.02. The molecule has 3 aromatic heterocycles. The van der Waals surface area contributed by atoms with Gasteiger partial charge in [-0.15, -0.1) is 64.6 Å². The minimum atomic E-state index is 0.510. The van der Waals surface area contributed by atoms with Crippen LogP contribution in [0.4, 0.5) is 17.1 Å². The van der Waals surface area contributed by atoms with E-state index in [0.29, 0.717) is 11.8 Å². The lowest BCUT2D eigenvalue weighted by Gasteiger charge is -2.20. The summed E-state index contributed by atoms with van der Waals surface area (Å²) < 4.78 is 0. The molecule has 0 amide bonds. The lowest BCUT2D eigenvalue weighted by Crippen LogP contribution is -2.07. The predicted octanol–water partition coefficient (Wildman–Crippen LogP) is 10.7. The molecule has 0 aliphatic heterocycles. The Labute approximate surface area is 321 Å². The Morgan fingerprint density at radius 3 is 1.25 bits per heavy atom. The molecule has 6 rings (SSSR count). The van der Waals surface area contributed by atoms with Gasteiger partial charge in [0, 0.05) is 17.1 Å². The van der Waals surface area contributed by atoms with Crippen LogP contribution in [0, 0.1) is 6.92 Å². The van der Waals surface area contributed by atoms with E-state index in [1.807, 2.05) is 0 Å². The van der Waals surface area contributed by atoms with Crippen LogP contribution in [-0.4, -0.2) is 30.6 Å². The highest BCUT2D eigenvalue weighted by Crippen LogP contribution is 2.33. The molecule has 0 bridgehead atoms. The fourth-order valence-corrected chi connectivity index (χ4v) is 7.21. The molecule has 0 aliphatic rings. The van der Waals surface area contributed by atoms with Gasteiger partial charge in [0.2, 0.25) is 0 Å². The highest BCUT2D eigenvalue weighted by Gasteiger charge is 2.14. The molecule has 0 atom stereocenters. The molecule has 3 heterocycles. The predicted molar refractivity (Wildman–Crippen MR) is 222 cm³/mol. The third kappa shape index (κ3) is 11.9. The quantitative estimate of drug-likeness (QED) is 0.0999. The van der Waals surface area contributed by atoms with Crippen molar-refractivity contribution in [2.75, 3.05) is 16.0 Å². The van der Waals surface area contributed by atoms with E-state index in [2.05, 4.69) is 157 Å². The van der Waals surface area contributed by atoms with Crippen molar-refractivity contribution in [3.05, 3.63) is 120 Å². The second-order valence-corrected chi connectivity index (χ2v) is 15.6. The minimum Gasteiger partial charge on any atom is -0.378 e. The van der Waals surface area contributed by atoms with Crippen LogP contribution < -0.4 is 16.0 Å². The number of hydrogen-bond acceptors (Lipinski definition) is 12. The van der Waals surface area contributed by atoms with E-state index < -0.39 is 0 Å². The van der Waals surface area contributed by atoms with Crippen molar-refractivity contribution in [3.8, 4) is 0 Å². The fourth-order valence-electron chi connectivity index (χ4n) is 5.81. The van der Waals surface area contributed by atoms with Crippen molar-refractivity contribution >= 4 is 51.1 Å². The number of para-hydroxylation sites is 3. The minimum absolute atomic E-state index is 0.510. The van der Waals surface area contributed by atoms with Crippen LogP contribution >= 0.6 is 34.0 Å². The summed E-state index contributed by atoms with van der Waals surface area (Å²) in [5.41, 5.74) is 17.2. The molecule has 0 saturated carbocycles. The summed E-state index contributed by atoms with van der Waals surface area (Å²) in [6.45, 7) is 19.9. The number of hydrogen-bond donors (Lipinski definition) is 3. The van der Waals surface area contributed by atoms with E-state index in [-0.39, 0.29) is 0 Å². The Balaban J connectivity index is 0.000000175. The van der Waals surface area contributed by atoms with Gasteiger partial charge in [0.05, 0.1) is 19.6 Å². The molecule has 52 heavy (non-hydrogen) atoms. The second-order valence-electron chi connectivity index (χ2n) is 12.8. The summed E-state index contributed by atoms with van der Waals surface area (Å²) >= 11 is 4.75. The van der Waals surface area contributed by atoms with Crippen LogP contribution in [0.5, 0.6) is 0 Å². The zero-order valence-electron chi connectivity index (χ0n) is 31.7. The molecule has 12 heteroatoms. The van der Waals surface area contributed by atoms with Gasteiger partial charge >= 0.3 is 0 Å². The zero-order chi connectivity index (χ0) is 37.3. The molecule has 276 valence electrons. The van der Waals surface area contributed by atoms with Crippen molar-refractivity contribution in [2.45, 2.75) is 106 Å². The van der Waals surface area contributed by atoms with Crippen molar-refractivity contribution in [1.29, 1.82) is 0 Å². The topological polar surface area (TPSA) is 113 Å². The van der Waals surface area contributed by atoms with Gasteiger partial charge in [0.1, 0.15) is 31.6 Å². The molecular formula is C40H53N9S3. The Morgan fingerprint density at radius 1 is 0.500 bits per heavy atom. The van der Waals surface area contributed by atoms with E-state index in [4.69, 9.17) is 0 Å². The van der Waals surface area contributed by atoms with Crippen molar-refractivity contribution in [3.63, 3.8) is 0 Å². The van der Waals surface area contributed by atoms with Crippen molar-refractivity contribution in [1.82, 2.24) is 30.6 Å². The number of nitrogens with zero attached hydrogens (tertiary/aromatic N) is 6. The van der Waals surface area contributed by atoms with E-state index in [1.165, 1.54) is 50.4 Å². The smallest absolute Gasteiger partial charge is 0.136 e. The first-order valence-corrected chi connectivity index (χ1v) is 20.7. The van der Waals surface area contributed by atoms with Crippen LogP contribution in [0.2, 0.25) is 0 Å². The first-order chi connectivity index (χ1) is 25.2. The molecule has 0 unspecified atom stereocenters. The monoisotopic (exact) mass is 755 g/mol. The zero-order valence-corrected chi connectivity index (χ0v) is 34.2. The van der Waals surface area contributed by atoms with Crippen LogP contribution in [0.1, 0.15) is 109 Å². The summed E-state index contributed by atoms with van der Waals surface area (Å²) in [6.07, 6.45) is 3.14. The maximum absolute atomic E-state index is 4.09. The molecule has 6 aromatic rings. The Bertz CT molecular complexity index is 1820. The Hall–Kier alpha value is -4.26. The molecule has 3 N–H and O–H groups in total. The van der Waals surface area contributed by atoms with Gasteiger partial charge < -0.3 is 16.0 Å². The average molecular weight is 756 g/mol. The largest absolute Gasteiger partial charge is 0.378 e. The van der Waals surface area contributed by atoms with Crippen LogP contribution in [0.3, 0.4) is 0 Å². The van der Waals surface area contributed by atoms with E-state index in [0.717, 1.165) is 53.9 Å². The van der Waals surface area contributed by atoms with Gasteiger partial charge in [0.25, 0.3) is 0 Å². The van der Waals surface area contributed by atoms with Gasteiger partial charge in [-0.3, -0.25) is 0 Å². The lowest BCUT2D eigenvalue weighted by atomic mass is 9.92. The number of nitrogens with one attached hydrogen (secondary N) is 3. The SMILES string of the molecule is CC(C)c1cccc(C(C)C)c1NCc1nncs1.CCc1cccc(C)c1NCc1nncs1.CCc1cccc(CC)c1NCc1nncs1. The Kier molecular flexibility index (Phi) is 16.6. The third-order valence-corrected chi connectivity index (χ3v) is 10.7. The fraction of sp³-hybridized carbons (Fsp3) is 0.400. The Morgan fingerprint density at radius 2 is 0.865 bits per heavy atom. The van der Waals surface area contributed by atoms with E-state index >= 15 is 0 Å². The van der Waals surface area contributed by atoms with Crippen LogP contribution in [0.25, 0.3) is 0 Å². The van der Waals surface area contributed by atoms with E-state index in [9.17, 15) is 0 Å². The third-order valence-electron chi connectivity index (χ3n) is 8.58. The summed E-state index contributed by atoms with van der Waals surface area (Å²) in [7, 11) is 0. The number of aromatic nitrogens is 6. The van der Waals surface area contributed by atoms with Gasteiger partial charge in [-0.25, -0.2) is 0 Å².